The molecule has 13 heteroatoms. The van der Waals surface area contributed by atoms with Crippen molar-refractivity contribution >= 4 is 23.1 Å². The second kappa shape index (κ2) is 12.5. The van der Waals surface area contributed by atoms with Crippen LogP contribution in [0.5, 0.6) is 5.75 Å². The summed E-state index contributed by atoms with van der Waals surface area (Å²) in [5, 5.41) is 8.23. The van der Waals surface area contributed by atoms with Gasteiger partial charge in [0.1, 0.15) is 17.2 Å². The third kappa shape index (κ3) is 7.26. The Morgan fingerprint density at radius 2 is 1.88 bits per heavy atom. The van der Waals surface area contributed by atoms with E-state index in [-0.39, 0.29) is 46.5 Å². The molecule has 0 unspecified atom stereocenters. The number of anilines is 1. The number of hydrogen-bond donors (Lipinski definition) is 3. The number of rotatable bonds is 7. The molecule has 2 aromatic heterocycles. The molecule has 1 aliphatic heterocycles. The molecule has 1 aliphatic rings. The summed E-state index contributed by atoms with van der Waals surface area (Å²) >= 11 is 0. The lowest BCUT2D eigenvalue weighted by Crippen LogP contribution is -2.43. The number of carbonyl (C=O) groups is 2. The number of aromatic nitrogens is 2. The highest BCUT2D eigenvalue weighted by Crippen LogP contribution is 2.28. The van der Waals surface area contributed by atoms with Gasteiger partial charge in [0.2, 0.25) is 0 Å². The predicted octanol–water partition coefficient (Wildman–Crippen LogP) is 3.23. The zero-order valence-electron chi connectivity index (χ0n) is 22.8. The van der Waals surface area contributed by atoms with E-state index in [9.17, 15) is 27.2 Å². The van der Waals surface area contributed by atoms with Crippen LogP contribution in [0, 0.1) is 17.7 Å². The summed E-state index contributed by atoms with van der Waals surface area (Å²) in [7, 11) is 4.75. The van der Waals surface area contributed by atoms with E-state index in [4.69, 9.17) is 4.74 Å². The number of piperidine rings is 1. The van der Waals surface area contributed by atoms with Crippen LogP contribution >= 0.6 is 0 Å². The van der Waals surface area contributed by atoms with Crippen molar-refractivity contribution in [2.75, 3.05) is 46.2 Å². The van der Waals surface area contributed by atoms with Crippen molar-refractivity contribution in [3.8, 4) is 17.6 Å². The van der Waals surface area contributed by atoms with E-state index in [1.807, 2.05) is 7.05 Å². The molecule has 0 aliphatic carbocycles. The minimum atomic E-state index is -4.47. The highest BCUT2D eigenvalue weighted by Gasteiger charge is 2.30. The van der Waals surface area contributed by atoms with Crippen LogP contribution < -0.4 is 20.7 Å². The maximum Gasteiger partial charge on any atom is 0.394 e. The highest BCUT2D eigenvalue weighted by molar-refractivity contribution is 6.00. The molecule has 0 saturated carbocycles. The van der Waals surface area contributed by atoms with Gasteiger partial charge in [-0.3, -0.25) is 9.59 Å². The molecule has 3 N–H and O–H groups in total. The van der Waals surface area contributed by atoms with Crippen molar-refractivity contribution in [1.29, 1.82) is 0 Å². The Labute approximate surface area is 234 Å². The van der Waals surface area contributed by atoms with E-state index < -0.39 is 30.2 Å². The predicted molar refractivity (Wildman–Crippen MR) is 145 cm³/mol. The van der Waals surface area contributed by atoms with Gasteiger partial charge in [0.15, 0.2) is 0 Å². The van der Waals surface area contributed by atoms with Crippen LogP contribution in [-0.4, -0.2) is 79.2 Å². The van der Waals surface area contributed by atoms with E-state index in [0.29, 0.717) is 5.56 Å². The Bertz CT molecular complexity index is 1500. The second-order valence-electron chi connectivity index (χ2n) is 9.70. The molecule has 3 heterocycles. The maximum atomic E-state index is 14.4. The molecule has 4 rings (SSSR count). The van der Waals surface area contributed by atoms with Crippen molar-refractivity contribution in [2.24, 2.45) is 0 Å². The Morgan fingerprint density at radius 3 is 2.54 bits per heavy atom. The van der Waals surface area contributed by atoms with Gasteiger partial charge in [-0.05, 0) is 45.1 Å². The average Bonchev–Trinajstić information content (AvgIpc) is 3.32. The molecule has 1 aromatic carbocycles. The summed E-state index contributed by atoms with van der Waals surface area (Å²) in [5.41, 5.74) is 0.458. The van der Waals surface area contributed by atoms with E-state index >= 15 is 0 Å². The van der Waals surface area contributed by atoms with Gasteiger partial charge in [0.25, 0.3) is 11.8 Å². The van der Waals surface area contributed by atoms with E-state index in [0.717, 1.165) is 38.2 Å². The van der Waals surface area contributed by atoms with E-state index in [1.165, 1.54) is 36.9 Å². The monoisotopic (exact) mass is 574 g/mol. The molecule has 218 valence electrons. The third-order valence-electron chi connectivity index (χ3n) is 6.72. The number of pyridine rings is 1. The first-order valence-corrected chi connectivity index (χ1v) is 12.9. The minimum absolute atomic E-state index is 0.00359. The zero-order valence-corrected chi connectivity index (χ0v) is 22.8. The molecule has 9 nitrogen and oxygen atoms in total. The number of alkyl halides is 3. The number of amides is 2. The lowest BCUT2D eigenvalue weighted by molar-refractivity contribution is -0.127. The quantitative estimate of drug-likeness (QED) is 0.296. The normalized spacial score (nSPS) is 14.3. The van der Waals surface area contributed by atoms with Crippen molar-refractivity contribution in [1.82, 2.24) is 24.9 Å². The fourth-order valence-electron chi connectivity index (χ4n) is 4.58. The van der Waals surface area contributed by atoms with Gasteiger partial charge in [0, 0.05) is 37.1 Å². The molecule has 41 heavy (non-hydrogen) atoms. The first-order valence-electron chi connectivity index (χ1n) is 12.9. The van der Waals surface area contributed by atoms with Crippen LogP contribution in [0.1, 0.15) is 44.8 Å². The number of nitrogens with zero attached hydrogens (tertiary/aromatic N) is 3. The van der Waals surface area contributed by atoms with Crippen molar-refractivity contribution < 1.29 is 31.9 Å². The number of methoxy groups -OCH3 is 1. The number of halogens is 4. The Kier molecular flexibility index (Phi) is 9.02. The summed E-state index contributed by atoms with van der Waals surface area (Å²) in [6, 6.07) is 3.80. The number of imidazole rings is 1. The van der Waals surface area contributed by atoms with Crippen molar-refractivity contribution in [3.63, 3.8) is 0 Å². The fourth-order valence-corrected chi connectivity index (χ4v) is 4.58. The number of likely N-dealkylation sites (tertiary alicyclic amines) is 1. The summed E-state index contributed by atoms with van der Waals surface area (Å²) in [6.45, 7) is 1.64. The maximum absolute atomic E-state index is 14.4. The zero-order chi connectivity index (χ0) is 29.7. The SMILES string of the molecule is CNC(=O)c1cc(OC)c(NCC#Cc2cc(C(=O)NC3CCN(C)CC3)c3ncc(CC(F)(F)F)n3c2)cc1F. The van der Waals surface area contributed by atoms with Crippen LogP contribution in [0.4, 0.5) is 23.2 Å². The second-order valence-corrected chi connectivity index (χ2v) is 9.70. The number of nitrogens with one attached hydrogen (secondary N) is 3. The fraction of sp³-hybridized carbons (Fsp3) is 0.393. The summed E-state index contributed by atoms with van der Waals surface area (Å²) < 4.78 is 60.6. The van der Waals surface area contributed by atoms with Gasteiger partial charge in [-0.15, -0.1) is 0 Å². The van der Waals surface area contributed by atoms with Crippen LogP contribution in [0.15, 0.2) is 30.6 Å². The summed E-state index contributed by atoms with van der Waals surface area (Å²) in [4.78, 5) is 31.4. The molecule has 1 saturated heterocycles. The van der Waals surface area contributed by atoms with Gasteiger partial charge in [-0.25, -0.2) is 9.37 Å². The lowest BCUT2D eigenvalue weighted by Gasteiger charge is -2.29. The van der Waals surface area contributed by atoms with Gasteiger partial charge in [0.05, 0.1) is 42.6 Å². The smallest absolute Gasteiger partial charge is 0.394 e. The molecule has 3 aromatic rings. The molecule has 2 amide bonds. The minimum Gasteiger partial charge on any atom is -0.495 e. The number of fused-ring (bicyclic) bond motifs is 1. The van der Waals surface area contributed by atoms with Crippen LogP contribution in [0.3, 0.4) is 0 Å². The molecule has 0 spiro atoms. The van der Waals surface area contributed by atoms with Gasteiger partial charge >= 0.3 is 6.18 Å². The molecular weight excluding hydrogens is 544 g/mol. The van der Waals surface area contributed by atoms with Crippen LogP contribution in [-0.2, 0) is 6.42 Å². The van der Waals surface area contributed by atoms with Gasteiger partial charge in [-0.1, -0.05) is 11.8 Å². The third-order valence-corrected chi connectivity index (χ3v) is 6.72. The Hall–Kier alpha value is -4.31. The number of benzene rings is 1. The topological polar surface area (TPSA) is 100 Å². The van der Waals surface area contributed by atoms with Gasteiger partial charge in [-0.2, -0.15) is 13.2 Å². The van der Waals surface area contributed by atoms with Crippen molar-refractivity contribution in [3.05, 3.63) is 58.8 Å². The first-order chi connectivity index (χ1) is 19.5. The van der Waals surface area contributed by atoms with Crippen LogP contribution in [0.25, 0.3) is 5.65 Å². The number of hydrogen-bond acceptors (Lipinski definition) is 6. The first kappa shape index (κ1) is 29.7. The van der Waals surface area contributed by atoms with E-state index in [1.54, 1.807) is 0 Å². The number of ether oxygens (including phenoxy) is 1. The Balaban J connectivity index is 1.60. The summed E-state index contributed by atoms with van der Waals surface area (Å²) in [5.74, 6) is 4.10. The lowest BCUT2D eigenvalue weighted by atomic mass is 10.0. The van der Waals surface area contributed by atoms with Gasteiger partial charge < -0.3 is 30.0 Å². The summed E-state index contributed by atoms with van der Waals surface area (Å²) in [6.07, 6.45) is -1.67. The molecular formula is C28H30F4N6O3. The Morgan fingerprint density at radius 1 is 1.15 bits per heavy atom. The average molecular weight is 575 g/mol. The largest absolute Gasteiger partial charge is 0.495 e. The number of carbonyl (C=O) groups excluding carboxylic acids is 2. The molecule has 0 radical (unpaired) electrons. The van der Waals surface area contributed by atoms with Crippen molar-refractivity contribution in [2.45, 2.75) is 31.5 Å². The molecule has 0 bridgehead atoms. The highest BCUT2D eigenvalue weighted by atomic mass is 19.4. The molecule has 0 atom stereocenters. The van der Waals surface area contributed by atoms with E-state index in [2.05, 4.69) is 37.7 Å². The molecule has 1 fully saturated rings. The van der Waals surface area contributed by atoms with Crippen LogP contribution in [0.2, 0.25) is 0 Å². The standard InChI is InChI=1S/C28H30F4N6O3/c1-33-26(39)20-12-24(41-3)23(13-22(20)29)34-8-4-5-17-11-21(27(40)36-18-6-9-37(2)10-7-18)25-35-15-19(38(25)16-17)14-28(30,31)32/h11-13,15-16,18,34H,6-10,14H2,1-3H3,(H,33,39)(H,36,40).